The Hall–Kier alpha value is -2.13. The summed E-state index contributed by atoms with van der Waals surface area (Å²) in [6.07, 6.45) is 3.04. The van der Waals surface area contributed by atoms with Gasteiger partial charge in [-0.15, -0.1) is 0 Å². The zero-order valence-corrected chi connectivity index (χ0v) is 16.2. The number of ether oxygens (including phenoxy) is 1. The molecule has 2 atom stereocenters. The largest absolute Gasteiger partial charge is 0.444 e. The van der Waals surface area contributed by atoms with E-state index in [9.17, 15) is 14.3 Å². The van der Waals surface area contributed by atoms with Crippen LogP contribution in [0.2, 0.25) is 0 Å². The van der Waals surface area contributed by atoms with E-state index in [-0.39, 0.29) is 24.6 Å². The first-order valence-corrected chi connectivity index (χ1v) is 9.52. The Kier molecular flexibility index (Phi) is 5.18. The minimum absolute atomic E-state index is 0.0351. The number of carbonyl (C=O) groups excluding carboxylic acids is 1. The average molecular weight is 374 g/mol. The highest BCUT2D eigenvalue weighted by atomic mass is 19.1. The minimum Gasteiger partial charge on any atom is -0.444 e. The van der Waals surface area contributed by atoms with Gasteiger partial charge in [-0.05, 0) is 57.7 Å². The van der Waals surface area contributed by atoms with E-state index in [1.165, 1.54) is 6.07 Å². The number of benzene rings is 1. The third-order valence-electron chi connectivity index (χ3n) is 5.46. The Morgan fingerprint density at radius 1 is 1.37 bits per heavy atom. The van der Waals surface area contributed by atoms with Crippen molar-refractivity contribution in [1.29, 1.82) is 5.26 Å². The SMILES string of the molecule is CC(C)(C)OC(=O)N1C2CCCC1CC(O)(c1ccc(F)c(CC#N)c1)C2. The molecule has 2 heterocycles. The maximum atomic E-state index is 13.9. The van der Waals surface area contributed by atoms with Crippen LogP contribution in [0.3, 0.4) is 0 Å². The van der Waals surface area contributed by atoms with Crippen molar-refractivity contribution >= 4 is 6.09 Å². The van der Waals surface area contributed by atoms with E-state index < -0.39 is 17.0 Å². The first-order valence-electron chi connectivity index (χ1n) is 9.52. The van der Waals surface area contributed by atoms with E-state index in [0.717, 1.165) is 19.3 Å². The number of hydrogen-bond acceptors (Lipinski definition) is 4. The molecule has 2 fully saturated rings. The number of carbonyl (C=O) groups is 1. The summed E-state index contributed by atoms with van der Waals surface area (Å²) < 4.78 is 19.5. The highest BCUT2D eigenvalue weighted by Gasteiger charge is 2.49. The molecule has 0 aliphatic carbocycles. The van der Waals surface area contributed by atoms with Crippen molar-refractivity contribution in [1.82, 2.24) is 4.90 Å². The summed E-state index contributed by atoms with van der Waals surface area (Å²) in [5, 5.41) is 20.3. The first-order chi connectivity index (χ1) is 12.6. The number of amides is 1. The number of hydrogen-bond donors (Lipinski definition) is 1. The second-order valence-electron chi connectivity index (χ2n) is 8.71. The van der Waals surface area contributed by atoms with E-state index >= 15 is 0 Å². The number of fused-ring (bicyclic) bond motifs is 2. The summed E-state index contributed by atoms with van der Waals surface area (Å²) >= 11 is 0. The monoisotopic (exact) mass is 374 g/mol. The van der Waals surface area contributed by atoms with Gasteiger partial charge in [-0.3, -0.25) is 0 Å². The van der Waals surface area contributed by atoms with Crippen molar-refractivity contribution in [3.63, 3.8) is 0 Å². The van der Waals surface area contributed by atoms with Crippen LogP contribution in [0.5, 0.6) is 0 Å². The molecule has 2 saturated heterocycles. The van der Waals surface area contributed by atoms with Crippen LogP contribution in [-0.2, 0) is 16.8 Å². The number of nitriles is 1. The van der Waals surface area contributed by atoms with Crippen molar-refractivity contribution in [2.24, 2.45) is 0 Å². The van der Waals surface area contributed by atoms with Crippen LogP contribution in [0.25, 0.3) is 0 Å². The van der Waals surface area contributed by atoms with Crippen LogP contribution in [0, 0.1) is 17.1 Å². The Morgan fingerprint density at radius 2 is 2.00 bits per heavy atom. The van der Waals surface area contributed by atoms with Gasteiger partial charge in [0.25, 0.3) is 0 Å². The Morgan fingerprint density at radius 3 is 2.56 bits per heavy atom. The van der Waals surface area contributed by atoms with Crippen LogP contribution in [0.15, 0.2) is 18.2 Å². The average Bonchev–Trinajstić information content (AvgIpc) is 2.54. The fourth-order valence-corrected chi connectivity index (χ4v) is 4.36. The highest BCUT2D eigenvalue weighted by Crippen LogP contribution is 2.45. The quantitative estimate of drug-likeness (QED) is 0.848. The van der Waals surface area contributed by atoms with Gasteiger partial charge >= 0.3 is 6.09 Å². The summed E-state index contributed by atoms with van der Waals surface area (Å²) in [6.45, 7) is 5.53. The predicted octanol–water partition coefficient (Wildman–Crippen LogP) is 4.03. The van der Waals surface area contributed by atoms with Crippen LogP contribution in [0.4, 0.5) is 9.18 Å². The molecule has 1 aromatic rings. The van der Waals surface area contributed by atoms with E-state index in [4.69, 9.17) is 10.00 Å². The second-order valence-corrected chi connectivity index (χ2v) is 8.71. The van der Waals surface area contributed by atoms with Crippen molar-refractivity contribution in [3.05, 3.63) is 35.1 Å². The molecule has 0 spiro atoms. The summed E-state index contributed by atoms with van der Waals surface area (Å²) in [5.41, 5.74) is -0.785. The van der Waals surface area contributed by atoms with Gasteiger partial charge in [0.2, 0.25) is 0 Å². The molecule has 2 bridgehead atoms. The predicted molar refractivity (Wildman–Crippen MR) is 98.3 cm³/mol. The molecule has 2 aliphatic rings. The molecule has 0 radical (unpaired) electrons. The molecule has 0 aromatic heterocycles. The number of nitrogens with zero attached hydrogens (tertiary/aromatic N) is 2. The summed E-state index contributed by atoms with van der Waals surface area (Å²) in [6, 6.07) is 6.24. The van der Waals surface area contributed by atoms with Crippen LogP contribution in [0.1, 0.15) is 64.0 Å². The fourth-order valence-electron chi connectivity index (χ4n) is 4.36. The summed E-state index contributed by atoms with van der Waals surface area (Å²) in [4.78, 5) is 14.5. The molecule has 1 aromatic carbocycles. The molecule has 1 amide bonds. The third kappa shape index (κ3) is 4.08. The highest BCUT2D eigenvalue weighted by molar-refractivity contribution is 5.69. The lowest BCUT2D eigenvalue weighted by Gasteiger charge is -2.52. The number of halogens is 1. The van der Waals surface area contributed by atoms with Gasteiger partial charge in [-0.1, -0.05) is 6.07 Å². The van der Waals surface area contributed by atoms with Gasteiger partial charge in [0.1, 0.15) is 11.4 Å². The van der Waals surface area contributed by atoms with Gasteiger partial charge in [-0.2, -0.15) is 5.26 Å². The minimum atomic E-state index is -1.13. The Balaban J connectivity index is 1.86. The molecule has 27 heavy (non-hydrogen) atoms. The number of piperidine rings is 2. The zero-order chi connectivity index (χ0) is 19.8. The summed E-state index contributed by atoms with van der Waals surface area (Å²) in [5.74, 6) is -0.435. The van der Waals surface area contributed by atoms with Crippen LogP contribution < -0.4 is 0 Å². The maximum absolute atomic E-state index is 13.9. The van der Waals surface area contributed by atoms with E-state index in [0.29, 0.717) is 24.0 Å². The van der Waals surface area contributed by atoms with Crippen molar-refractivity contribution in [2.75, 3.05) is 0 Å². The lowest BCUT2D eigenvalue weighted by Crippen LogP contribution is -2.59. The van der Waals surface area contributed by atoms with E-state index in [2.05, 4.69) is 0 Å². The fraction of sp³-hybridized carbons (Fsp3) is 0.619. The molecular weight excluding hydrogens is 347 g/mol. The van der Waals surface area contributed by atoms with Crippen LogP contribution >= 0.6 is 0 Å². The van der Waals surface area contributed by atoms with Gasteiger partial charge in [0.15, 0.2) is 0 Å². The Labute approximate surface area is 159 Å². The molecule has 2 aliphatic heterocycles. The lowest BCUT2D eigenvalue weighted by atomic mass is 9.72. The van der Waals surface area contributed by atoms with Gasteiger partial charge in [0.05, 0.1) is 18.1 Å². The standard InChI is InChI=1S/C21H27FN2O3/c1-20(2,3)27-19(25)24-16-5-4-6-17(24)13-21(26,12-16)15-7-8-18(22)14(11-15)9-10-23/h7-8,11,16-17,26H,4-6,9,12-13H2,1-3H3. The molecule has 3 rings (SSSR count). The third-order valence-corrected chi connectivity index (χ3v) is 5.46. The molecule has 146 valence electrons. The molecular formula is C21H27FN2O3. The lowest BCUT2D eigenvalue weighted by molar-refractivity contribution is -0.0965. The molecule has 0 saturated carbocycles. The van der Waals surface area contributed by atoms with E-state index in [1.807, 2.05) is 26.8 Å². The maximum Gasteiger partial charge on any atom is 0.410 e. The van der Waals surface area contributed by atoms with Crippen molar-refractivity contribution < 1.29 is 19.0 Å². The van der Waals surface area contributed by atoms with Gasteiger partial charge in [-0.25, -0.2) is 9.18 Å². The molecule has 1 N–H and O–H groups in total. The number of rotatable bonds is 2. The Bertz CT molecular complexity index is 752. The topological polar surface area (TPSA) is 73.6 Å². The van der Waals surface area contributed by atoms with E-state index in [1.54, 1.807) is 17.0 Å². The molecule has 5 nitrogen and oxygen atoms in total. The molecule has 6 heteroatoms. The van der Waals surface area contributed by atoms with Crippen LogP contribution in [-0.4, -0.2) is 33.8 Å². The smallest absolute Gasteiger partial charge is 0.410 e. The normalized spacial score (nSPS) is 27.8. The van der Waals surface area contributed by atoms with Gasteiger partial charge in [0, 0.05) is 30.5 Å². The zero-order valence-electron chi connectivity index (χ0n) is 16.2. The summed E-state index contributed by atoms with van der Waals surface area (Å²) in [7, 11) is 0. The number of aliphatic hydroxyl groups is 1. The first kappa shape index (κ1) is 19.6. The van der Waals surface area contributed by atoms with Gasteiger partial charge < -0.3 is 14.7 Å². The van der Waals surface area contributed by atoms with Crippen molar-refractivity contribution in [3.8, 4) is 6.07 Å². The van der Waals surface area contributed by atoms with Crippen molar-refractivity contribution in [2.45, 2.75) is 82.6 Å². The molecule has 2 unspecified atom stereocenters. The second kappa shape index (κ2) is 7.12.